The Kier molecular flexibility index (Phi) is 7.73. The van der Waals surface area contributed by atoms with Crippen LogP contribution in [0.4, 0.5) is 0 Å². The van der Waals surface area contributed by atoms with Crippen LogP contribution in [0.2, 0.25) is 0 Å². The molecule has 0 radical (unpaired) electrons. The predicted octanol–water partition coefficient (Wildman–Crippen LogP) is 4.21. The highest BCUT2D eigenvalue weighted by atomic mass is 16.6. The fraction of sp³-hybridized carbons (Fsp3) is 0.556. The van der Waals surface area contributed by atoms with Crippen molar-refractivity contribution in [2.45, 2.75) is 46.0 Å². The molecule has 3 heteroatoms. The lowest BCUT2D eigenvalue weighted by Gasteiger charge is -2.12. The number of rotatable bonds is 9. The first kappa shape index (κ1) is 17.4. The number of esters is 2. The third kappa shape index (κ3) is 6.11. The minimum absolute atomic E-state index is 0.130. The van der Waals surface area contributed by atoms with E-state index in [2.05, 4.69) is 42.5 Å². The van der Waals surface area contributed by atoms with Crippen molar-refractivity contribution in [3.05, 3.63) is 37.0 Å². The molecular formula is C18H26O3. The maximum atomic E-state index is 11.5. The molecule has 116 valence electrons. The predicted molar refractivity (Wildman–Crippen MR) is 84.5 cm³/mol. The molecule has 0 bridgehead atoms. The van der Waals surface area contributed by atoms with E-state index >= 15 is 0 Å². The van der Waals surface area contributed by atoms with Crippen LogP contribution in [0.1, 0.15) is 46.0 Å². The summed E-state index contributed by atoms with van der Waals surface area (Å²) in [5.74, 6) is -0.559. The zero-order chi connectivity index (χ0) is 15.7. The van der Waals surface area contributed by atoms with Crippen LogP contribution in [0.3, 0.4) is 0 Å². The summed E-state index contributed by atoms with van der Waals surface area (Å²) in [6.07, 6.45) is 14.7. The van der Waals surface area contributed by atoms with E-state index in [1.54, 1.807) is 0 Å². The Morgan fingerprint density at radius 2 is 2.10 bits per heavy atom. The van der Waals surface area contributed by atoms with E-state index in [9.17, 15) is 9.59 Å². The molecule has 3 unspecified atom stereocenters. The average Bonchev–Trinajstić information content (AvgIpc) is 2.80. The van der Waals surface area contributed by atoms with Crippen LogP contribution < -0.4 is 0 Å². The molecule has 3 nitrogen and oxygen atoms in total. The number of carbonyl (C=O) groups is 2. The lowest BCUT2D eigenvalue weighted by molar-refractivity contribution is -0.153. The van der Waals surface area contributed by atoms with Gasteiger partial charge in [0, 0.05) is 0 Å². The van der Waals surface area contributed by atoms with Crippen molar-refractivity contribution in [2.24, 2.45) is 17.8 Å². The topological polar surface area (TPSA) is 43.4 Å². The molecule has 1 saturated heterocycles. The lowest BCUT2D eigenvalue weighted by atomic mass is 9.89. The zero-order valence-corrected chi connectivity index (χ0v) is 13.1. The molecule has 0 aromatic carbocycles. The molecular weight excluding hydrogens is 264 g/mol. The Morgan fingerprint density at radius 3 is 2.67 bits per heavy atom. The van der Waals surface area contributed by atoms with E-state index in [1.165, 1.54) is 0 Å². The van der Waals surface area contributed by atoms with Gasteiger partial charge in [-0.05, 0) is 37.5 Å². The molecule has 0 aliphatic carbocycles. The Morgan fingerprint density at radius 1 is 1.33 bits per heavy atom. The highest BCUT2D eigenvalue weighted by Crippen LogP contribution is 2.27. The summed E-state index contributed by atoms with van der Waals surface area (Å²) in [5, 5.41) is 0. The molecule has 1 fully saturated rings. The van der Waals surface area contributed by atoms with E-state index < -0.39 is 5.97 Å². The Hall–Kier alpha value is -1.64. The second-order valence-corrected chi connectivity index (χ2v) is 5.60. The summed E-state index contributed by atoms with van der Waals surface area (Å²) in [6.45, 7) is 7.98. The van der Waals surface area contributed by atoms with Gasteiger partial charge in [-0.25, -0.2) is 0 Å². The summed E-state index contributed by atoms with van der Waals surface area (Å²) in [6, 6.07) is 0. The highest BCUT2D eigenvalue weighted by Gasteiger charge is 2.36. The first-order valence-electron chi connectivity index (χ1n) is 7.77. The van der Waals surface area contributed by atoms with Crippen LogP contribution >= 0.6 is 0 Å². The van der Waals surface area contributed by atoms with Gasteiger partial charge in [0.2, 0.25) is 0 Å². The second-order valence-electron chi connectivity index (χ2n) is 5.60. The van der Waals surface area contributed by atoms with Crippen LogP contribution in [-0.4, -0.2) is 11.9 Å². The normalized spacial score (nSPS) is 21.9. The monoisotopic (exact) mass is 290 g/mol. The molecule has 0 spiro atoms. The molecule has 0 saturated carbocycles. The summed E-state index contributed by atoms with van der Waals surface area (Å²) >= 11 is 0. The first-order valence-corrected chi connectivity index (χ1v) is 7.77. The summed E-state index contributed by atoms with van der Waals surface area (Å²) in [4.78, 5) is 22.6. The van der Waals surface area contributed by atoms with E-state index in [4.69, 9.17) is 0 Å². The Labute approximate surface area is 127 Å². The number of carbonyl (C=O) groups excluding carboxylic acids is 2. The third-order valence-corrected chi connectivity index (χ3v) is 3.85. The maximum Gasteiger partial charge on any atom is 0.317 e. The van der Waals surface area contributed by atoms with Crippen molar-refractivity contribution in [1.29, 1.82) is 0 Å². The highest BCUT2D eigenvalue weighted by molar-refractivity contribution is 5.94. The average molecular weight is 290 g/mol. The second kappa shape index (κ2) is 9.32. The van der Waals surface area contributed by atoms with Crippen molar-refractivity contribution in [2.75, 3.05) is 0 Å². The molecule has 21 heavy (non-hydrogen) atoms. The number of allylic oxidation sites excluding steroid dienone is 5. The molecule has 1 aliphatic heterocycles. The Bertz CT molecular complexity index is 420. The van der Waals surface area contributed by atoms with Gasteiger partial charge >= 0.3 is 11.9 Å². The summed E-state index contributed by atoms with van der Waals surface area (Å²) in [7, 11) is 0. The standard InChI is InChI=1S/C18H26O3/c1-4-6-7-8-11-15(5-2)12-9-10-14(3)16-13-17(19)21-18(16)20/h5-7,9,12,14-16H,2,4,8,10-11,13H2,1,3H3/b7-6+,12-9-. The minimum Gasteiger partial charge on any atom is -0.393 e. The van der Waals surface area contributed by atoms with Gasteiger partial charge in [-0.1, -0.05) is 44.2 Å². The van der Waals surface area contributed by atoms with E-state index in [0.717, 1.165) is 25.7 Å². The minimum atomic E-state index is -0.396. The Balaban J connectivity index is 2.37. The summed E-state index contributed by atoms with van der Waals surface area (Å²) in [5.41, 5.74) is 0. The largest absolute Gasteiger partial charge is 0.393 e. The van der Waals surface area contributed by atoms with Crippen LogP contribution in [0.25, 0.3) is 0 Å². The molecule has 0 amide bonds. The van der Waals surface area contributed by atoms with Crippen LogP contribution in [0.15, 0.2) is 37.0 Å². The smallest absolute Gasteiger partial charge is 0.317 e. The first-order chi connectivity index (χ1) is 10.1. The number of cyclic esters (lactones) is 2. The van der Waals surface area contributed by atoms with Crippen LogP contribution in [0.5, 0.6) is 0 Å². The number of ether oxygens (including phenoxy) is 1. The van der Waals surface area contributed by atoms with Crippen molar-refractivity contribution >= 4 is 11.9 Å². The van der Waals surface area contributed by atoms with Crippen molar-refractivity contribution in [1.82, 2.24) is 0 Å². The van der Waals surface area contributed by atoms with E-state index in [1.807, 2.05) is 13.0 Å². The molecule has 0 aromatic heterocycles. The lowest BCUT2D eigenvalue weighted by Crippen LogP contribution is -2.16. The van der Waals surface area contributed by atoms with Gasteiger partial charge in [0.15, 0.2) is 0 Å². The molecule has 3 atom stereocenters. The van der Waals surface area contributed by atoms with E-state index in [0.29, 0.717) is 5.92 Å². The molecule has 0 aromatic rings. The van der Waals surface area contributed by atoms with Gasteiger partial charge in [-0.15, -0.1) is 6.58 Å². The quantitative estimate of drug-likeness (QED) is 0.363. The number of hydrogen-bond acceptors (Lipinski definition) is 3. The zero-order valence-electron chi connectivity index (χ0n) is 13.1. The maximum absolute atomic E-state index is 11.5. The fourth-order valence-electron chi connectivity index (χ4n) is 2.42. The number of hydrogen-bond donors (Lipinski definition) is 0. The van der Waals surface area contributed by atoms with Gasteiger partial charge in [0.1, 0.15) is 0 Å². The summed E-state index contributed by atoms with van der Waals surface area (Å²) < 4.78 is 4.59. The van der Waals surface area contributed by atoms with Gasteiger partial charge < -0.3 is 4.74 Å². The molecule has 0 N–H and O–H groups in total. The van der Waals surface area contributed by atoms with E-state index in [-0.39, 0.29) is 24.2 Å². The van der Waals surface area contributed by atoms with Gasteiger partial charge in [-0.2, -0.15) is 0 Å². The molecule has 1 heterocycles. The molecule has 1 aliphatic rings. The van der Waals surface area contributed by atoms with Gasteiger partial charge in [0.25, 0.3) is 0 Å². The fourth-order valence-corrected chi connectivity index (χ4v) is 2.42. The third-order valence-electron chi connectivity index (χ3n) is 3.85. The SMILES string of the molecule is C=CC(/C=C\CC(C)C1CC(=O)OC1=O)CC/C=C/CC. The van der Waals surface area contributed by atoms with Crippen molar-refractivity contribution < 1.29 is 14.3 Å². The van der Waals surface area contributed by atoms with Crippen molar-refractivity contribution in [3.63, 3.8) is 0 Å². The molecule has 1 rings (SSSR count). The van der Waals surface area contributed by atoms with Crippen LogP contribution in [-0.2, 0) is 14.3 Å². The van der Waals surface area contributed by atoms with Gasteiger partial charge in [0.05, 0.1) is 12.3 Å². The van der Waals surface area contributed by atoms with Crippen molar-refractivity contribution in [3.8, 4) is 0 Å². The van der Waals surface area contributed by atoms with Gasteiger partial charge in [-0.3, -0.25) is 9.59 Å². The van der Waals surface area contributed by atoms with Crippen LogP contribution in [0, 0.1) is 17.8 Å².